The molecular formula is C10H10IS4+. The van der Waals surface area contributed by atoms with Crippen LogP contribution in [0.25, 0.3) is 0 Å². The van der Waals surface area contributed by atoms with Crippen molar-refractivity contribution in [2.24, 2.45) is 0 Å². The summed E-state index contributed by atoms with van der Waals surface area (Å²) in [6.45, 7) is 0. The van der Waals surface area contributed by atoms with Gasteiger partial charge < -0.3 is 0 Å². The fourth-order valence-electron chi connectivity index (χ4n) is 1.05. The summed E-state index contributed by atoms with van der Waals surface area (Å²) in [5.41, 5.74) is 2.70. The molecule has 0 aliphatic heterocycles. The van der Waals surface area contributed by atoms with Crippen LogP contribution in [0.4, 0.5) is 0 Å². The van der Waals surface area contributed by atoms with Gasteiger partial charge in [0, 0.05) is 23.6 Å². The van der Waals surface area contributed by atoms with E-state index in [0.29, 0.717) is 0 Å². The molecule has 0 atom stereocenters. The standard InChI is InChI=1S/C10H9IS4/c12-3-7-1-9(14-5-7)11-10-2-8(4-13)6-15-10/h1-2,5-6H,3-4H2,(H-,12,13)/p+1. The van der Waals surface area contributed by atoms with Crippen molar-refractivity contribution in [3.05, 3.63) is 39.8 Å². The van der Waals surface area contributed by atoms with Crippen molar-refractivity contribution in [3.63, 3.8) is 0 Å². The van der Waals surface area contributed by atoms with Crippen molar-refractivity contribution in [3.8, 4) is 0 Å². The fourth-order valence-corrected chi connectivity index (χ4v) is 7.62. The number of hydrogen-bond acceptors (Lipinski definition) is 4. The monoisotopic (exact) mass is 385 g/mol. The highest BCUT2D eigenvalue weighted by atomic mass is 127. The normalized spacial score (nSPS) is 10.8. The van der Waals surface area contributed by atoms with Crippen LogP contribution in [-0.4, -0.2) is 0 Å². The van der Waals surface area contributed by atoms with E-state index >= 15 is 0 Å². The van der Waals surface area contributed by atoms with Crippen LogP contribution in [0.1, 0.15) is 11.1 Å². The topological polar surface area (TPSA) is 0 Å². The molecule has 0 aliphatic rings. The lowest BCUT2D eigenvalue weighted by molar-refractivity contribution is -0.585. The van der Waals surface area contributed by atoms with Gasteiger partial charge in [0.2, 0.25) is 5.77 Å². The van der Waals surface area contributed by atoms with E-state index in [2.05, 4.69) is 48.2 Å². The van der Waals surface area contributed by atoms with Crippen LogP contribution >= 0.6 is 47.9 Å². The molecule has 0 saturated heterocycles. The van der Waals surface area contributed by atoms with Crippen molar-refractivity contribution in [2.75, 3.05) is 0 Å². The fraction of sp³-hybridized carbons (Fsp3) is 0.200. The molecule has 0 bridgehead atoms. The second kappa shape index (κ2) is 5.95. The molecule has 0 nitrogen and oxygen atoms in total. The van der Waals surface area contributed by atoms with E-state index in [1.165, 1.54) is 16.9 Å². The number of halogens is 1. The van der Waals surface area contributed by atoms with E-state index in [4.69, 9.17) is 0 Å². The lowest BCUT2D eigenvalue weighted by atomic mass is 10.4. The molecule has 0 N–H and O–H groups in total. The maximum atomic E-state index is 4.28. The molecule has 2 rings (SSSR count). The highest BCUT2D eigenvalue weighted by Gasteiger charge is 2.20. The highest BCUT2D eigenvalue weighted by molar-refractivity contribution is 7.79. The van der Waals surface area contributed by atoms with Gasteiger partial charge in [-0.15, -0.1) is 0 Å². The van der Waals surface area contributed by atoms with E-state index in [1.54, 1.807) is 0 Å². The third-order valence-electron chi connectivity index (χ3n) is 1.79. The first-order valence-electron chi connectivity index (χ1n) is 4.33. The van der Waals surface area contributed by atoms with E-state index in [1.807, 2.05) is 22.7 Å². The summed E-state index contributed by atoms with van der Waals surface area (Å²) in [5, 5.41) is 4.43. The van der Waals surface area contributed by atoms with Gasteiger partial charge in [-0.2, -0.15) is 25.3 Å². The Bertz CT molecular complexity index is 392. The van der Waals surface area contributed by atoms with Crippen molar-refractivity contribution in [2.45, 2.75) is 11.5 Å². The van der Waals surface area contributed by atoms with Crippen LogP contribution in [0, 0.1) is 5.77 Å². The predicted octanol–water partition coefficient (Wildman–Crippen LogP) is 0.798. The van der Waals surface area contributed by atoms with Crippen LogP contribution in [-0.2, 0) is 11.5 Å². The number of thiophene rings is 2. The Balaban J connectivity index is 2.07. The van der Waals surface area contributed by atoms with Gasteiger partial charge in [0.1, 0.15) is 0 Å². The Kier molecular flexibility index (Phi) is 4.88. The molecule has 2 aromatic heterocycles. The van der Waals surface area contributed by atoms with E-state index in [9.17, 15) is 0 Å². The van der Waals surface area contributed by atoms with Crippen molar-refractivity contribution in [1.29, 1.82) is 0 Å². The first-order valence-corrected chi connectivity index (χ1v) is 9.51. The molecular weight excluding hydrogens is 375 g/mol. The minimum Gasteiger partial charge on any atom is -0.175 e. The number of thiol groups is 2. The van der Waals surface area contributed by atoms with Gasteiger partial charge in [0.15, 0.2) is 0 Å². The molecule has 0 aliphatic carbocycles. The largest absolute Gasteiger partial charge is 0.381 e. The van der Waals surface area contributed by atoms with Gasteiger partial charge in [0.25, 0.3) is 0 Å². The van der Waals surface area contributed by atoms with Gasteiger partial charge in [-0.1, -0.05) is 22.7 Å². The smallest absolute Gasteiger partial charge is 0.175 e. The summed E-state index contributed by atoms with van der Waals surface area (Å²) < 4.78 is 3.07. The lowest BCUT2D eigenvalue weighted by Gasteiger charge is -1.79. The number of rotatable bonds is 4. The minimum atomic E-state index is 0.0273. The second-order valence-corrected chi connectivity index (χ2v) is 9.71. The third kappa shape index (κ3) is 3.39. The van der Waals surface area contributed by atoms with Gasteiger partial charge in [-0.3, -0.25) is 0 Å². The first-order chi connectivity index (χ1) is 7.31. The summed E-state index contributed by atoms with van der Waals surface area (Å²) in [6, 6.07) is 4.59. The molecule has 2 aromatic rings. The molecule has 0 saturated carbocycles. The molecule has 2 heterocycles. The average molecular weight is 385 g/mol. The average Bonchev–Trinajstić information content (AvgIpc) is 2.87. The molecule has 15 heavy (non-hydrogen) atoms. The van der Waals surface area contributed by atoms with Crippen LogP contribution in [0.5, 0.6) is 0 Å². The zero-order valence-corrected chi connectivity index (χ0v) is 13.4. The van der Waals surface area contributed by atoms with Crippen molar-refractivity contribution < 1.29 is 21.2 Å². The minimum absolute atomic E-state index is 0.0273. The van der Waals surface area contributed by atoms with Crippen LogP contribution in [0.15, 0.2) is 22.9 Å². The maximum Gasteiger partial charge on any atom is 0.381 e. The molecule has 0 spiro atoms. The maximum absolute atomic E-state index is 4.28. The van der Waals surface area contributed by atoms with Gasteiger partial charge in [0.05, 0.1) is 0 Å². The van der Waals surface area contributed by atoms with E-state index in [0.717, 1.165) is 11.5 Å². The Morgan fingerprint density at radius 1 is 0.933 bits per heavy atom. The summed E-state index contributed by atoms with van der Waals surface area (Å²) in [4.78, 5) is 0. The van der Waals surface area contributed by atoms with Crippen LogP contribution < -0.4 is 21.2 Å². The first kappa shape index (κ1) is 12.3. The van der Waals surface area contributed by atoms with Gasteiger partial charge in [-0.05, 0) is 21.9 Å². The molecule has 0 aromatic carbocycles. The van der Waals surface area contributed by atoms with Gasteiger partial charge in [-0.25, -0.2) is 0 Å². The Morgan fingerprint density at radius 2 is 1.40 bits per heavy atom. The van der Waals surface area contributed by atoms with Crippen LogP contribution in [0.2, 0.25) is 0 Å². The van der Waals surface area contributed by atoms with Crippen molar-refractivity contribution in [1.82, 2.24) is 0 Å². The number of hydrogen-bond donors (Lipinski definition) is 2. The summed E-state index contributed by atoms with van der Waals surface area (Å²) >= 11 is 12.3. The Morgan fingerprint density at radius 3 is 1.73 bits per heavy atom. The molecule has 80 valence electrons. The SMILES string of the molecule is SCc1csc([I+]c2cc(CS)cs2)c1. The molecule has 0 amide bonds. The molecule has 5 heteroatoms. The van der Waals surface area contributed by atoms with Gasteiger partial charge >= 0.3 is 21.2 Å². The highest BCUT2D eigenvalue weighted by Crippen LogP contribution is 2.10. The molecule has 0 radical (unpaired) electrons. The summed E-state index contributed by atoms with van der Waals surface area (Å²) in [5.74, 6) is 1.71. The molecule has 0 unspecified atom stereocenters. The summed E-state index contributed by atoms with van der Waals surface area (Å²) in [6.07, 6.45) is 0. The zero-order chi connectivity index (χ0) is 10.7. The van der Waals surface area contributed by atoms with E-state index in [-0.39, 0.29) is 21.2 Å². The van der Waals surface area contributed by atoms with E-state index < -0.39 is 0 Å². The van der Waals surface area contributed by atoms with Crippen LogP contribution in [0.3, 0.4) is 0 Å². The summed E-state index contributed by atoms with van der Waals surface area (Å²) in [7, 11) is 0. The predicted molar refractivity (Wildman–Crippen MR) is 71.4 cm³/mol. The Hall–Kier alpha value is 0.830. The molecule has 0 fully saturated rings. The Labute approximate surface area is 119 Å². The quantitative estimate of drug-likeness (QED) is 0.565. The zero-order valence-electron chi connectivity index (χ0n) is 7.81. The van der Waals surface area contributed by atoms with Crippen molar-refractivity contribution >= 4 is 47.9 Å². The lowest BCUT2D eigenvalue weighted by Crippen LogP contribution is -3.61. The second-order valence-electron chi connectivity index (χ2n) is 2.93. The third-order valence-corrected chi connectivity index (χ3v) is 8.30.